The molecule has 10 rings (SSSR count). The van der Waals surface area contributed by atoms with E-state index >= 15 is 0 Å². The Labute approximate surface area is 518 Å². The number of unbranched alkanes of at least 4 members (excludes halogenated alkanes) is 1. The molecule has 24 nitrogen and oxygen atoms in total. The average Bonchev–Trinajstić information content (AvgIpc) is 1.56. The van der Waals surface area contributed by atoms with Crippen LogP contribution in [0.25, 0.3) is 21.5 Å². The first kappa shape index (κ1) is 65.4. The number of carboxylic acids is 1. The topological polar surface area (TPSA) is 325 Å². The molecule has 29 heteroatoms. The first-order valence-corrected chi connectivity index (χ1v) is 41.8. The predicted molar refractivity (Wildman–Crippen MR) is 346 cm³/mol. The van der Waals surface area contributed by atoms with Gasteiger partial charge in [0, 0.05) is 82.6 Å². The van der Waals surface area contributed by atoms with Crippen LogP contribution in [0.3, 0.4) is 0 Å². The van der Waals surface area contributed by atoms with Crippen LogP contribution in [0.4, 0.5) is 11.6 Å². The zero-order chi connectivity index (χ0) is 63.4. The summed E-state index contributed by atoms with van der Waals surface area (Å²) in [6, 6.07) is 32.7. The molecule has 89 heavy (non-hydrogen) atoms. The molecular weight excluding hydrogens is 1230 g/mol. The van der Waals surface area contributed by atoms with Gasteiger partial charge in [0.1, 0.15) is 29.2 Å². The van der Waals surface area contributed by atoms with Crippen molar-refractivity contribution in [3.05, 3.63) is 130 Å². The third kappa shape index (κ3) is 15.3. The molecular formula is C60H77N11O13P2Si3. The van der Waals surface area contributed by atoms with Crippen molar-refractivity contribution in [2.45, 2.75) is 96.6 Å². The molecule has 472 valence electrons. The van der Waals surface area contributed by atoms with Gasteiger partial charge in [-0.25, -0.2) is 30.0 Å². The Hall–Kier alpha value is -6.56. The van der Waals surface area contributed by atoms with Gasteiger partial charge in [0.25, 0.3) is 0 Å². The van der Waals surface area contributed by atoms with Crippen molar-refractivity contribution in [2.75, 3.05) is 64.8 Å². The maximum atomic E-state index is 13.9. The largest absolute Gasteiger partial charge is 0.582 e. The predicted octanol–water partition coefficient (Wildman–Crippen LogP) is 6.13. The van der Waals surface area contributed by atoms with Crippen LogP contribution < -0.4 is 26.7 Å². The second-order valence-corrected chi connectivity index (χ2v) is 39.5. The molecule has 4 aliphatic rings. The van der Waals surface area contributed by atoms with Crippen LogP contribution in [0.15, 0.2) is 127 Å². The molecule has 0 fully saturated rings. The van der Waals surface area contributed by atoms with E-state index in [2.05, 4.69) is 45.3 Å². The summed E-state index contributed by atoms with van der Waals surface area (Å²) in [5.74, 6) is 0.650. The Kier molecular flexibility index (Phi) is 19.9. The van der Waals surface area contributed by atoms with Crippen molar-refractivity contribution < 1.29 is 65.6 Å². The van der Waals surface area contributed by atoms with Gasteiger partial charge in [0.2, 0.25) is 11.8 Å². The quantitative estimate of drug-likeness (QED) is 0.0124. The minimum absolute atomic E-state index is 0.172. The van der Waals surface area contributed by atoms with Crippen LogP contribution in [0.2, 0.25) is 38.3 Å². The number of quaternary nitrogens is 1. The highest BCUT2D eigenvalue weighted by Gasteiger charge is 2.58. The van der Waals surface area contributed by atoms with E-state index in [9.17, 15) is 48.2 Å². The molecule has 4 aromatic carbocycles. The third-order valence-corrected chi connectivity index (χ3v) is 29.8. The molecule has 0 saturated heterocycles. The summed E-state index contributed by atoms with van der Waals surface area (Å²) >= 11 is 0. The number of carbonyl (C=O) groups excluding carboxylic acids is 3. The van der Waals surface area contributed by atoms with Crippen LogP contribution in [-0.2, 0) is 36.5 Å². The van der Waals surface area contributed by atoms with E-state index in [-0.39, 0.29) is 44.0 Å². The van der Waals surface area contributed by atoms with Gasteiger partial charge in [-0.3, -0.25) is 27.2 Å². The van der Waals surface area contributed by atoms with Gasteiger partial charge in [-0.15, -0.1) is 0 Å². The van der Waals surface area contributed by atoms with Crippen LogP contribution in [0, 0.1) is 0 Å². The number of nitrogens with zero attached hydrogens (tertiary/aromatic N) is 9. The smallest absolute Gasteiger partial charge is 0.548 e. The number of amidine groups is 4. The summed E-state index contributed by atoms with van der Waals surface area (Å²) in [5.41, 5.74) is 4.11. The first-order chi connectivity index (χ1) is 42.4. The number of aliphatic carboxylic acids is 1. The van der Waals surface area contributed by atoms with E-state index < -0.39 is 65.8 Å². The number of hydrogen-bond donors (Lipinski definition) is 6. The number of amides is 2. The number of aromatic nitrogens is 2. The normalized spacial score (nSPS) is 18.1. The summed E-state index contributed by atoms with van der Waals surface area (Å²) in [4.78, 5) is 109. The molecule has 2 aromatic heterocycles. The standard InChI is InChI=1S/C60H77N11O13P2Si3/c1-6-7-32-71(34-19-36-85(76,77)78,35-20-37-86(79,80)81)33-16-29-50(72)61-30-17-38-87(2,3)83-89(84-88(4,5)39-18-31-62-51(73)40-82-41-52(74)75)69-57-46-25-12-13-26-47(46)59(69)67-55-44-23-10-11-24-45(44)56(64-55)68-60-49-28-15-14-27-48(49)58(70(60)89)66-54-43-22-9-8-21-42(43)53(63-54)65-57/h8-15,21-28H,6-7,16-20,29-41H2,1-5H3,(H6-,61,62,72,73,74,75,76,77,78,79,80,81)/b65-53-,65-57?,66-54?,66-58-,67-55-,67-59?,68-56?,68-60-. The third-order valence-electron chi connectivity index (χ3n) is 16.3. The molecule has 0 spiro atoms. The number of carboxylic acid groups (broad SMARTS) is 1. The molecule has 6 aromatic rings. The molecule has 0 aliphatic carbocycles. The highest BCUT2D eigenvalue weighted by molar-refractivity contribution is 7.52. The molecule has 6 N–H and O–H groups in total. The van der Waals surface area contributed by atoms with Crippen molar-refractivity contribution in [1.82, 2.24) is 19.1 Å². The molecule has 1 atom stereocenters. The number of carbonyl (C=O) groups is 3. The highest BCUT2D eigenvalue weighted by Crippen LogP contribution is 2.46. The lowest BCUT2D eigenvalue weighted by Gasteiger charge is -2.43. The Morgan fingerprint density at radius 3 is 1.38 bits per heavy atom. The monoisotopic (exact) mass is 1310 g/mol. The fourth-order valence-corrected chi connectivity index (χ4v) is 26.0. The van der Waals surface area contributed by atoms with E-state index in [4.69, 9.17) is 42.9 Å². The maximum Gasteiger partial charge on any atom is 0.582 e. The first-order valence-electron chi connectivity index (χ1n) is 30.3. The molecule has 2 amide bonds. The molecule has 4 aliphatic heterocycles. The summed E-state index contributed by atoms with van der Waals surface area (Å²) < 4.78 is 50.0. The molecule has 0 saturated carbocycles. The van der Waals surface area contributed by atoms with Gasteiger partial charge in [-0.1, -0.05) is 110 Å². The lowest BCUT2D eigenvalue weighted by atomic mass is 10.1. The van der Waals surface area contributed by atoms with Crippen molar-refractivity contribution >= 4 is 115 Å². The summed E-state index contributed by atoms with van der Waals surface area (Å²) in [5, 5.41) is 20.0. The van der Waals surface area contributed by atoms with Crippen LogP contribution in [0.5, 0.6) is 0 Å². The number of nitrogens with one attached hydrogen (secondary N) is 2. The Bertz CT molecular complexity index is 3890. The lowest BCUT2D eigenvalue weighted by Crippen LogP contribution is -2.70. The maximum absolute atomic E-state index is 13.9. The minimum Gasteiger partial charge on any atom is -0.548 e. The number of benzene rings is 4. The number of aliphatic imine (C=N–C) groups is 4. The van der Waals surface area contributed by atoms with Crippen molar-refractivity contribution in [2.24, 2.45) is 30.0 Å². The van der Waals surface area contributed by atoms with Gasteiger partial charge in [0.15, 0.2) is 40.0 Å². The van der Waals surface area contributed by atoms with Crippen molar-refractivity contribution in [3.8, 4) is 0 Å². The summed E-state index contributed by atoms with van der Waals surface area (Å²) in [7, 11) is -19.5. The number of fused-ring (bicyclic) bond motifs is 14. The Morgan fingerprint density at radius 1 is 0.539 bits per heavy atom. The second kappa shape index (κ2) is 27.1. The number of hydrogen-bond acceptors (Lipinski definition) is 15. The average molecular weight is 1310 g/mol. The van der Waals surface area contributed by atoms with Gasteiger partial charge in [0.05, 0.1) is 51.1 Å². The van der Waals surface area contributed by atoms with Gasteiger partial charge >= 0.3 is 24.1 Å². The van der Waals surface area contributed by atoms with E-state index in [0.29, 0.717) is 115 Å². The van der Waals surface area contributed by atoms with E-state index in [1.165, 1.54) is 0 Å². The Balaban J connectivity index is 1.06. The van der Waals surface area contributed by atoms with Crippen molar-refractivity contribution in [3.63, 3.8) is 0 Å². The van der Waals surface area contributed by atoms with Crippen LogP contribution in [-0.4, -0.2) is 164 Å². The fraction of sp³-hybridized carbons (Fsp3) is 0.417. The van der Waals surface area contributed by atoms with E-state index in [1.807, 2.05) is 104 Å². The van der Waals surface area contributed by atoms with Crippen LogP contribution >= 0.6 is 15.2 Å². The minimum atomic E-state index is -4.66. The summed E-state index contributed by atoms with van der Waals surface area (Å²) in [6.07, 6.45) is 3.12. The van der Waals surface area contributed by atoms with Gasteiger partial charge < -0.3 is 57.6 Å². The number of rotatable bonds is 31. The zero-order valence-corrected chi connectivity index (χ0v) is 55.6. The van der Waals surface area contributed by atoms with Crippen LogP contribution in [0.1, 0.15) is 80.5 Å². The molecule has 1 unspecified atom stereocenters. The molecule has 6 heterocycles. The second-order valence-electron chi connectivity index (χ2n) is 24.3. The van der Waals surface area contributed by atoms with E-state index in [1.54, 1.807) is 0 Å². The van der Waals surface area contributed by atoms with Gasteiger partial charge in [-0.2, -0.15) is 0 Å². The lowest BCUT2D eigenvalue weighted by molar-refractivity contribution is -0.928. The molecule has 6 bridgehead atoms. The van der Waals surface area contributed by atoms with Gasteiger partial charge in [-0.05, 0) is 57.5 Å². The SMILES string of the molecule is CCCC[N+](CCCC(=O)NCCC[Si](C)(C)O[Si]1(O[Si](C)(C)CCCNC(=O)COCC(=O)[O-])n2c3c4ccccc4c2/N=C2N=C(/N=c4/c5ccccc5/c(n41)=N/C1=NC(=N\3)/c3ccccc31)c1ccccc1\2)(CCCP(=O)(O)O)CCCP(=O)(O)O. The van der Waals surface area contributed by atoms with Crippen molar-refractivity contribution in [1.29, 1.82) is 0 Å². The Morgan fingerprint density at radius 2 is 0.944 bits per heavy atom. The number of ether oxygens (including phenoxy) is 1. The highest BCUT2D eigenvalue weighted by atomic mass is 31.2. The summed E-state index contributed by atoms with van der Waals surface area (Å²) in [6.45, 7) is 11.9. The van der Waals surface area contributed by atoms with E-state index in [0.717, 1.165) is 56.6 Å². The fourth-order valence-electron chi connectivity index (χ4n) is 12.3. The molecule has 0 radical (unpaired) electrons. The zero-order valence-electron chi connectivity index (χ0n) is 50.8.